The standard InChI is InChI=1S/C9H19N3O/c1-7(9(10)13)12-5-4-8(6-12)11(2)3/h7-8H,4-6H2,1-3H3,(H2,10,13). The second-order valence-corrected chi connectivity index (χ2v) is 3.98. The number of likely N-dealkylation sites (tertiary alicyclic amines) is 1. The summed E-state index contributed by atoms with van der Waals surface area (Å²) in [6, 6.07) is 0.451. The predicted octanol–water partition coefficient (Wildman–Crippen LogP) is -0.504. The van der Waals surface area contributed by atoms with Gasteiger partial charge in [0.25, 0.3) is 0 Å². The maximum absolute atomic E-state index is 10.9. The van der Waals surface area contributed by atoms with E-state index in [1.165, 1.54) is 0 Å². The Bertz CT molecular complexity index is 193. The van der Waals surface area contributed by atoms with Gasteiger partial charge in [0.15, 0.2) is 0 Å². The van der Waals surface area contributed by atoms with Crippen LogP contribution in [0.4, 0.5) is 0 Å². The van der Waals surface area contributed by atoms with Gasteiger partial charge >= 0.3 is 0 Å². The fraction of sp³-hybridized carbons (Fsp3) is 0.889. The van der Waals surface area contributed by atoms with Crippen molar-refractivity contribution in [1.82, 2.24) is 9.80 Å². The van der Waals surface area contributed by atoms with Crippen molar-refractivity contribution in [3.63, 3.8) is 0 Å². The van der Waals surface area contributed by atoms with Crippen LogP contribution in [0.25, 0.3) is 0 Å². The molecular weight excluding hydrogens is 166 g/mol. The molecule has 4 nitrogen and oxygen atoms in total. The first-order chi connectivity index (χ1) is 6.02. The monoisotopic (exact) mass is 185 g/mol. The van der Waals surface area contributed by atoms with Gasteiger partial charge in [-0.15, -0.1) is 0 Å². The van der Waals surface area contributed by atoms with Gasteiger partial charge in [-0.3, -0.25) is 9.69 Å². The smallest absolute Gasteiger partial charge is 0.234 e. The first-order valence-electron chi connectivity index (χ1n) is 4.72. The Morgan fingerprint density at radius 1 is 1.62 bits per heavy atom. The molecule has 1 aliphatic rings. The Morgan fingerprint density at radius 3 is 2.62 bits per heavy atom. The largest absolute Gasteiger partial charge is 0.368 e. The van der Waals surface area contributed by atoms with Crippen LogP contribution in [0, 0.1) is 0 Å². The van der Waals surface area contributed by atoms with E-state index in [2.05, 4.69) is 23.9 Å². The zero-order valence-corrected chi connectivity index (χ0v) is 8.66. The highest BCUT2D eigenvalue weighted by Gasteiger charge is 2.29. The van der Waals surface area contributed by atoms with Crippen LogP contribution in [-0.4, -0.2) is 55.0 Å². The van der Waals surface area contributed by atoms with E-state index in [9.17, 15) is 4.79 Å². The molecule has 0 saturated carbocycles. The molecule has 2 unspecified atom stereocenters. The van der Waals surface area contributed by atoms with Crippen molar-refractivity contribution in [3.05, 3.63) is 0 Å². The third kappa shape index (κ3) is 2.42. The molecule has 4 heteroatoms. The summed E-state index contributed by atoms with van der Waals surface area (Å²) in [5.41, 5.74) is 5.24. The van der Waals surface area contributed by atoms with Crippen LogP contribution < -0.4 is 5.73 Å². The molecule has 1 aliphatic heterocycles. The van der Waals surface area contributed by atoms with Crippen molar-refractivity contribution in [3.8, 4) is 0 Å². The molecule has 0 aromatic carbocycles. The average molecular weight is 185 g/mol. The van der Waals surface area contributed by atoms with Crippen LogP contribution >= 0.6 is 0 Å². The summed E-state index contributed by atoms with van der Waals surface area (Å²) in [6.07, 6.45) is 1.13. The van der Waals surface area contributed by atoms with E-state index in [4.69, 9.17) is 5.73 Å². The Hall–Kier alpha value is -0.610. The molecule has 2 N–H and O–H groups in total. The number of likely N-dealkylation sites (N-methyl/N-ethyl adjacent to an activating group) is 1. The zero-order chi connectivity index (χ0) is 10.0. The summed E-state index contributed by atoms with van der Waals surface area (Å²) in [6.45, 7) is 3.81. The molecule has 1 heterocycles. The van der Waals surface area contributed by atoms with Gasteiger partial charge in [-0.05, 0) is 27.4 Å². The summed E-state index contributed by atoms with van der Waals surface area (Å²) >= 11 is 0. The van der Waals surface area contributed by atoms with Crippen LogP contribution in [-0.2, 0) is 4.79 Å². The van der Waals surface area contributed by atoms with Gasteiger partial charge in [-0.1, -0.05) is 0 Å². The van der Waals surface area contributed by atoms with Gasteiger partial charge in [-0.25, -0.2) is 0 Å². The lowest BCUT2D eigenvalue weighted by atomic mass is 10.2. The highest BCUT2D eigenvalue weighted by atomic mass is 16.1. The van der Waals surface area contributed by atoms with Crippen molar-refractivity contribution in [2.75, 3.05) is 27.2 Å². The molecule has 0 radical (unpaired) electrons. The number of carbonyl (C=O) groups is 1. The number of carbonyl (C=O) groups excluding carboxylic acids is 1. The quantitative estimate of drug-likeness (QED) is 0.644. The number of nitrogens with two attached hydrogens (primary N) is 1. The van der Waals surface area contributed by atoms with Gasteiger partial charge in [0.2, 0.25) is 5.91 Å². The van der Waals surface area contributed by atoms with E-state index in [1.54, 1.807) is 0 Å². The van der Waals surface area contributed by atoms with Gasteiger partial charge in [0.1, 0.15) is 0 Å². The van der Waals surface area contributed by atoms with Crippen molar-refractivity contribution < 1.29 is 4.79 Å². The fourth-order valence-corrected chi connectivity index (χ4v) is 1.72. The van der Waals surface area contributed by atoms with Gasteiger partial charge < -0.3 is 10.6 Å². The normalized spacial score (nSPS) is 26.6. The Kier molecular flexibility index (Phi) is 3.27. The summed E-state index contributed by atoms with van der Waals surface area (Å²) < 4.78 is 0. The number of amides is 1. The maximum Gasteiger partial charge on any atom is 0.234 e. The van der Waals surface area contributed by atoms with E-state index in [0.29, 0.717) is 6.04 Å². The number of primary amides is 1. The molecule has 0 spiro atoms. The van der Waals surface area contributed by atoms with Crippen LogP contribution in [0.2, 0.25) is 0 Å². The lowest BCUT2D eigenvalue weighted by Crippen LogP contribution is -2.42. The molecule has 0 bridgehead atoms. The summed E-state index contributed by atoms with van der Waals surface area (Å²) in [5.74, 6) is -0.223. The predicted molar refractivity (Wildman–Crippen MR) is 52.3 cm³/mol. The number of hydrogen-bond acceptors (Lipinski definition) is 3. The van der Waals surface area contributed by atoms with Crippen molar-refractivity contribution in [1.29, 1.82) is 0 Å². The van der Waals surface area contributed by atoms with E-state index in [0.717, 1.165) is 19.5 Å². The fourth-order valence-electron chi connectivity index (χ4n) is 1.72. The highest BCUT2D eigenvalue weighted by Crippen LogP contribution is 2.15. The molecule has 0 aliphatic carbocycles. The second kappa shape index (κ2) is 4.07. The molecule has 13 heavy (non-hydrogen) atoms. The molecular formula is C9H19N3O. The van der Waals surface area contributed by atoms with Gasteiger partial charge in [0.05, 0.1) is 6.04 Å². The molecule has 1 amide bonds. The first-order valence-corrected chi connectivity index (χ1v) is 4.72. The van der Waals surface area contributed by atoms with Crippen LogP contribution in [0.3, 0.4) is 0 Å². The third-order valence-corrected chi connectivity index (χ3v) is 2.88. The second-order valence-electron chi connectivity index (χ2n) is 3.98. The molecule has 2 atom stereocenters. The SMILES string of the molecule is CC(C(N)=O)N1CCC(N(C)C)C1. The lowest BCUT2D eigenvalue weighted by molar-refractivity contribution is -0.122. The molecule has 0 aromatic heterocycles. The minimum Gasteiger partial charge on any atom is -0.368 e. The maximum atomic E-state index is 10.9. The Morgan fingerprint density at radius 2 is 2.23 bits per heavy atom. The van der Waals surface area contributed by atoms with E-state index < -0.39 is 0 Å². The third-order valence-electron chi connectivity index (χ3n) is 2.88. The Labute approximate surface area is 79.7 Å². The summed E-state index contributed by atoms with van der Waals surface area (Å²) in [7, 11) is 4.15. The Balaban J connectivity index is 2.45. The van der Waals surface area contributed by atoms with E-state index in [1.807, 2.05) is 6.92 Å². The molecule has 1 saturated heterocycles. The average Bonchev–Trinajstić information content (AvgIpc) is 2.50. The molecule has 1 rings (SSSR count). The highest BCUT2D eigenvalue weighted by molar-refractivity contribution is 5.79. The molecule has 76 valence electrons. The molecule has 1 fully saturated rings. The lowest BCUT2D eigenvalue weighted by Gasteiger charge is -2.23. The van der Waals surface area contributed by atoms with E-state index >= 15 is 0 Å². The minimum absolute atomic E-state index is 0.120. The van der Waals surface area contributed by atoms with Crippen LogP contribution in [0.15, 0.2) is 0 Å². The number of nitrogens with zero attached hydrogens (tertiary/aromatic N) is 2. The number of hydrogen-bond donors (Lipinski definition) is 1. The van der Waals surface area contributed by atoms with Crippen LogP contribution in [0.1, 0.15) is 13.3 Å². The van der Waals surface area contributed by atoms with Gasteiger partial charge in [0, 0.05) is 19.1 Å². The summed E-state index contributed by atoms with van der Waals surface area (Å²) in [4.78, 5) is 15.3. The first kappa shape index (κ1) is 10.5. The van der Waals surface area contributed by atoms with Crippen molar-refractivity contribution in [2.45, 2.75) is 25.4 Å². The zero-order valence-electron chi connectivity index (χ0n) is 8.66. The van der Waals surface area contributed by atoms with Crippen molar-refractivity contribution in [2.24, 2.45) is 5.73 Å². The van der Waals surface area contributed by atoms with E-state index in [-0.39, 0.29) is 11.9 Å². The summed E-state index contributed by atoms with van der Waals surface area (Å²) in [5, 5.41) is 0. The topological polar surface area (TPSA) is 49.6 Å². The minimum atomic E-state index is -0.223. The van der Waals surface area contributed by atoms with Crippen LogP contribution in [0.5, 0.6) is 0 Å². The number of rotatable bonds is 3. The van der Waals surface area contributed by atoms with Gasteiger partial charge in [-0.2, -0.15) is 0 Å². The van der Waals surface area contributed by atoms with Crippen molar-refractivity contribution >= 4 is 5.91 Å². The molecule has 0 aromatic rings.